The van der Waals surface area contributed by atoms with E-state index >= 15 is 0 Å². The van der Waals surface area contributed by atoms with Crippen molar-refractivity contribution in [2.45, 2.75) is 26.3 Å². The Morgan fingerprint density at radius 2 is 2.00 bits per heavy atom. The molecular weight excluding hydrogens is 288 g/mol. The van der Waals surface area contributed by atoms with E-state index in [9.17, 15) is 9.59 Å². The molecular formula is C16H21ClN2O2. The largest absolute Gasteiger partial charge is 0.343 e. The number of amides is 2. The molecule has 0 radical (unpaired) electrons. The van der Waals surface area contributed by atoms with E-state index in [2.05, 4.69) is 0 Å². The third-order valence-electron chi connectivity index (χ3n) is 3.97. The average Bonchev–Trinajstić information content (AvgIpc) is 2.46. The molecule has 0 N–H and O–H groups in total. The van der Waals surface area contributed by atoms with E-state index in [1.54, 1.807) is 16.7 Å². The SMILES string of the molecule is CC(=O)N1CCC(C(=O)N(C)Cc2cccc(Cl)c2)CC1. The zero-order chi connectivity index (χ0) is 15.4. The minimum Gasteiger partial charge on any atom is -0.343 e. The van der Waals surface area contributed by atoms with Gasteiger partial charge in [0.15, 0.2) is 0 Å². The first-order valence-electron chi connectivity index (χ1n) is 7.22. The standard InChI is InChI=1S/C16H21ClN2O2/c1-12(20)19-8-6-14(7-9-19)16(21)18(2)11-13-4-3-5-15(17)10-13/h3-5,10,14H,6-9,11H2,1-2H3. The van der Waals surface area contributed by atoms with E-state index in [4.69, 9.17) is 11.6 Å². The van der Waals surface area contributed by atoms with Gasteiger partial charge in [-0.15, -0.1) is 0 Å². The highest BCUT2D eigenvalue weighted by molar-refractivity contribution is 6.30. The number of benzene rings is 1. The predicted octanol–water partition coefficient (Wildman–Crippen LogP) is 2.56. The molecule has 2 rings (SSSR count). The van der Waals surface area contributed by atoms with E-state index in [-0.39, 0.29) is 17.7 Å². The maximum Gasteiger partial charge on any atom is 0.225 e. The van der Waals surface area contributed by atoms with Crippen molar-refractivity contribution >= 4 is 23.4 Å². The molecule has 0 aromatic heterocycles. The van der Waals surface area contributed by atoms with Crippen molar-refractivity contribution < 1.29 is 9.59 Å². The van der Waals surface area contributed by atoms with Crippen molar-refractivity contribution in [3.63, 3.8) is 0 Å². The van der Waals surface area contributed by atoms with Crippen LogP contribution in [0.4, 0.5) is 0 Å². The van der Waals surface area contributed by atoms with Crippen LogP contribution in [0.25, 0.3) is 0 Å². The van der Waals surface area contributed by atoms with Gasteiger partial charge in [-0.2, -0.15) is 0 Å². The van der Waals surface area contributed by atoms with Crippen molar-refractivity contribution in [3.8, 4) is 0 Å². The fraction of sp³-hybridized carbons (Fsp3) is 0.500. The second-order valence-electron chi connectivity index (χ2n) is 5.60. The molecule has 1 aromatic carbocycles. The van der Waals surface area contributed by atoms with Crippen LogP contribution in [0.2, 0.25) is 5.02 Å². The lowest BCUT2D eigenvalue weighted by Gasteiger charge is -2.32. The van der Waals surface area contributed by atoms with Crippen molar-refractivity contribution in [1.82, 2.24) is 9.80 Å². The first kappa shape index (κ1) is 15.8. The van der Waals surface area contributed by atoms with Crippen molar-refractivity contribution in [1.29, 1.82) is 0 Å². The number of hydrogen-bond donors (Lipinski definition) is 0. The Morgan fingerprint density at radius 3 is 2.57 bits per heavy atom. The Morgan fingerprint density at radius 1 is 1.33 bits per heavy atom. The molecule has 2 amide bonds. The van der Waals surface area contributed by atoms with Gasteiger partial charge in [0.1, 0.15) is 0 Å². The van der Waals surface area contributed by atoms with E-state index < -0.39 is 0 Å². The molecule has 0 unspecified atom stereocenters. The van der Waals surface area contributed by atoms with Crippen molar-refractivity contribution in [2.24, 2.45) is 5.92 Å². The number of rotatable bonds is 3. The molecule has 4 nitrogen and oxygen atoms in total. The van der Waals surface area contributed by atoms with Crippen LogP contribution in [0.5, 0.6) is 0 Å². The summed E-state index contributed by atoms with van der Waals surface area (Å²) in [6, 6.07) is 7.56. The quantitative estimate of drug-likeness (QED) is 0.861. The topological polar surface area (TPSA) is 40.6 Å². The summed E-state index contributed by atoms with van der Waals surface area (Å²) in [6.45, 7) is 3.49. The van der Waals surface area contributed by atoms with Gasteiger partial charge < -0.3 is 9.80 Å². The molecule has 114 valence electrons. The van der Waals surface area contributed by atoms with Gasteiger partial charge in [-0.25, -0.2) is 0 Å². The van der Waals surface area contributed by atoms with Crippen LogP contribution in [-0.2, 0) is 16.1 Å². The summed E-state index contributed by atoms with van der Waals surface area (Å²) in [7, 11) is 1.82. The molecule has 1 fully saturated rings. The first-order valence-corrected chi connectivity index (χ1v) is 7.60. The second kappa shape index (κ2) is 6.94. The van der Waals surface area contributed by atoms with Crippen LogP contribution in [0.1, 0.15) is 25.3 Å². The lowest BCUT2D eigenvalue weighted by atomic mass is 9.95. The fourth-order valence-electron chi connectivity index (χ4n) is 2.74. The maximum absolute atomic E-state index is 12.5. The fourth-order valence-corrected chi connectivity index (χ4v) is 2.95. The number of nitrogens with zero attached hydrogens (tertiary/aromatic N) is 2. The highest BCUT2D eigenvalue weighted by Gasteiger charge is 2.27. The summed E-state index contributed by atoms with van der Waals surface area (Å²) in [4.78, 5) is 27.3. The summed E-state index contributed by atoms with van der Waals surface area (Å²) < 4.78 is 0. The second-order valence-corrected chi connectivity index (χ2v) is 6.04. The molecule has 1 aliphatic rings. The third-order valence-corrected chi connectivity index (χ3v) is 4.21. The molecule has 21 heavy (non-hydrogen) atoms. The molecule has 0 atom stereocenters. The predicted molar refractivity (Wildman–Crippen MR) is 82.9 cm³/mol. The Balaban J connectivity index is 1.90. The minimum absolute atomic E-state index is 0.0183. The van der Waals surface area contributed by atoms with Gasteiger partial charge >= 0.3 is 0 Å². The smallest absolute Gasteiger partial charge is 0.225 e. The Bertz CT molecular complexity index is 525. The number of halogens is 1. The number of hydrogen-bond acceptors (Lipinski definition) is 2. The molecule has 0 bridgehead atoms. The summed E-state index contributed by atoms with van der Waals surface area (Å²) in [5.74, 6) is 0.260. The normalized spacial score (nSPS) is 15.9. The highest BCUT2D eigenvalue weighted by atomic mass is 35.5. The van der Waals surface area contributed by atoms with Gasteiger partial charge in [-0.3, -0.25) is 9.59 Å². The zero-order valence-electron chi connectivity index (χ0n) is 12.5. The van der Waals surface area contributed by atoms with E-state index in [0.717, 1.165) is 18.4 Å². The molecule has 0 saturated carbocycles. The van der Waals surface area contributed by atoms with Gasteiger partial charge in [-0.1, -0.05) is 23.7 Å². The maximum atomic E-state index is 12.5. The summed E-state index contributed by atoms with van der Waals surface area (Å²) >= 11 is 5.96. The number of piperidine rings is 1. The van der Waals surface area contributed by atoms with E-state index in [1.807, 2.05) is 31.3 Å². The van der Waals surface area contributed by atoms with Crippen LogP contribution in [0.15, 0.2) is 24.3 Å². The average molecular weight is 309 g/mol. The van der Waals surface area contributed by atoms with Gasteiger partial charge in [0.25, 0.3) is 0 Å². The molecule has 0 spiro atoms. The van der Waals surface area contributed by atoms with Crippen molar-refractivity contribution in [3.05, 3.63) is 34.9 Å². The van der Waals surface area contributed by atoms with Crippen LogP contribution in [0, 0.1) is 5.92 Å². The molecule has 1 aromatic rings. The molecule has 0 aliphatic carbocycles. The minimum atomic E-state index is 0.0183. The monoisotopic (exact) mass is 308 g/mol. The number of likely N-dealkylation sites (tertiary alicyclic amines) is 1. The van der Waals surface area contributed by atoms with Gasteiger partial charge in [0.2, 0.25) is 11.8 Å². The van der Waals surface area contributed by atoms with Crippen LogP contribution in [0.3, 0.4) is 0 Å². The van der Waals surface area contributed by atoms with Crippen LogP contribution < -0.4 is 0 Å². The molecule has 1 saturated heterocycles. The zero-order valence-corrected chi connectivity index (χ0v) is 13.3. The molecule has 5 heteroatoms. The van der Waals surface area contributed by atoms with E-state index in [1.165, 1.54) is 0 Å². The van der Waals surface area contributed by atoms with Crippen LogP contribution in [-0.4, -0.2) is 41.8 Å². The summed E-state index contributed by atoms with van der Waals surface area (Å²) in [5.41, 5.74) is 1.03. The van der Waals surface area contributed by atoms with Crippen molar-refractivity contribution in [2.75, 3.05) is 20.1 Å². The van der Waals surface area contributed by atoms with Gasteiger partial charge in [-0.05, 0) is 30.5 Å². The summed E-state index contributed by atoms with van der Waals surface area (Å²) in [5, 5.41) is 0.683. The third kappa shape index (κ3) is 4.21. The molecule has 1 heterocycles. The Hall–Kier alpha value is -1.55. The molecule has 1 aliphatic heterocycles. The summed E-state index contributed by atoms with van der Waals surface area (Å²) in [6.07, 6.45) is 1.50. The van der Waals surface area contributed by atoms with Gasteiger partial charge in [0, 0.05) is 44.5 Å². The first-order chi connectivity index (χ1) is 9.97. The Kier molecular flexibility index (Phi) is 5.23. The lowest BCUT2D eigenvalue weighted by molar-refractivity contribution is -0.139. The lowest BCUT2D eigenvalue weighted by Crippen LogP contribution is -2.42. The van der Waals surface area contributed by atoms with Gasteiger partial charge in [0.05, 0.1) is 0 Å². The Labute approximate surface area is 130 Å². The van der Waals surface area contributed by atoms with E-state index in [0.29, 0.717) is 24.7 Å². The highest BCUT2D eigenvalue weighted by Crippen LogP contribution is 2.20. The number of carbonyl (C=O) groups is 2. The van der Waals surface area contributed by atoms with Crippen LogP contribution >= 0.6 is 11.6 Å². The number of carbonyl (C=O) groups excluding carboxylic acids is 2.